The van der Waals surface area contributed by atoms with Crippen LogP contribution in [0.5, 0.6) is 5.75 Å². The molecule has 1 amide bonds. The number of ether oxygens (including phenoxy) is 1. The lowest BCUT2D eigenvalue weighted by Crippen LogP contribution is -2.32. The van der Waals surface area contributed by atoms with Crippen molar-refractivity contribution in [2.75, 3.05) is 5.32 Å². The molecule has 0 saturated carbocycles. The molecule has 188 valence electrons. The van der Waals surface area contributed by atoms with Gasteiger partial charge in [0.05, 0.1) is 22.6 Å². The molecule has 0 bridgehead atoms. The zero-order chi connectivity index (χ0) is 26.5. The van der Waals surface area contributed by atoms with E-state index >= 15 is 0 Å². The zero-order valence-corrected chi connectivity index (χ0v) is 20.9. The number of fused-ring (bicyclic) bond motifs is 1. The lowest BCUT2D eigenvalue weighted by Gasteiger charge is -2.15. The number of H-pyrrole nitrogens is 1. The molecule has 2 aromatic carbocycles. The van der Waals surface area contributed by atoms with Crippen LogP contribution in [0.4, 0.5) is 5.69 Å². The number of benzene rings is 2. The van der Waals surface area contributed by atoms with Crippen LogP contribution < -0.4 is 21.3 Å². The summed E-state index contributed by atoms with van der Waals surface area (Å²) in [5.74, 6) is -0.00528. The third-order valence-electron chi connectivity index (χ3n) is 5.81. The largest absolute Gasteiger partial charge is 0.489 e. The molecule has 0 aliphatic rings. The average molecular weight is 498 g/mol. The molecule has 0 atom stereocenters. The van der Waals surface area contributed by atoms with E-state index in [9.17, 15) is 14.4 Å². The molecular formula is C28H27N5O4. The maximum atomic E-state index is 13.4. The van der Waals surface area contributed by atoms with E-state index in [1.165, 1.54) is 4.57 Å². The molecule has 2 heterocycles. The summed E-state index contributed by atoms with van der Waals surface area (Å²) in [4.78, 5) is 45.6. The van der Waals surface area contributed by atoms with Crippen LogP contribution in [0.15, 0.2) is 64.2 Å². The van der Waals surface area contributed by atoms with Gasteiger partial charge < -0.3 is 10.1 Å². The van der Waals surface area contributed by atoms with Gasteiger partial charge in [0.15, 0.2) is 5.65 Å². The number of nitriles is 1. The van der Waals surface area contributed by atoms with Gasteiger partial charge in [0.25, 0.3) is 11.5 Å². The van der Waals surface area contributed by atoms with E-state index in [2.05, 4.69) is 21.4 Å². The Morgan fingerprint density at radius 2 is 1.95 bits per heavy atom. The number of anilines is 1. The third kappa shape index (κ3) is 5.59. The molecule has 2 N–H and O–H groups in total. The summed E-state index contributed by atoms with van der Waals surface area (Å²) >= 11 is 0. The maximum absolute atomic E-state index is 13.4. The van der Waals surface area contributed by atoms with Gasteiger partial charge in [-0.2, -0.15) is 5.26 Å². The fourth-order valence-corrected chi connectivity index (χ4v) is 3.96. The van der Waals surface area contributed by atoms with Gasteiger partial charge in [-0.25, -0.2) is 9.78 Å². The first-order chi connectivity index (χ1) is 17.8. The normalized spacial score (nSPS) is 10.9. The van der Waals surface area contributed by atoms with Crippen molar-refractivity contribution in [3.63, 3.8) is 0 Å². The number of rotatable bonds is 8. The molecular weight excluding hydrogens is 470 g/mol. The highest BCUT2D eigenvalue weighted by Crippen LogP contribution is 2.23. The Balaban J connectivity index is 1.66. The number of aromatic nitrogens is 3. The number of hydrogen-bond acceptors (Lipinski definition) is 6. The molecule has 0 unspecified atom stereocenters. The minimum Gasteiger partial charge on any atom is -0.489 e. The van der Waals surface area contributed by atoms with Crippen molar-refractivity contribution in [2.45, 2.75) is 46.3 Å². The third-order valence-corrected chi connectivity index (χ3v) is 5.81. The van der Waals surface area contributed by atoms with E-state index in [4.69, 9.17) is 10.00 Å². The van der Waals surface area contributed by atoms with Crippen LogP contribution in [-0.4, -0.2) is 20.4 Å². The lowest BCUT2D eigenvalue weighted by molar-refractivity contribution is 0.102. The van der Waals surface area contributed by atoms with E-state index in [0.717, 1.165) is 5.56 Å². The van der Waals surface area contributed by atoms with Crippen LogP contribution >= 0.6 is 0 Å². The maximum Gasteiger partial charge on any atom is 0.329 e. The topological polar surface area (TPSA) is 130 Å². The SMILES string of the molecule is CCCn1c(=O)[nH]c(=O)c2c(C(=O)Nc3cccc(OCc4cccc(C#N)c4)c3)cc(C(C)C)nc21. The minimum absolute atomic E-state index is 0.0309. The number of aromatic amines is 1. The number of carbonyl (C=O) groups is 1. The Bertz CT molecular complexity index is 1630. The van der Waals surface area contributed by atoms with E-state index in [1.54, 1.807) is 48.5 Å². The van der Waals surface area contributed by atoms with Crippen LogP contribution in [0.25, 0.3) is 11.0 Å². The predicted molar refractivity (Wildman–Crippen MR) is 141 cm³/mol. The molecule has 9 nitrogen and oxygen atoms in total. The molecule has 4 aromatic rings. The Hall–Kier alpha value is -4.71. The number of nitrogens with zero attached hydrogens (tertiary/aromatic N) is 3. The second kappa shape index (κ2) is 10.9. The van der Waals surface area contributed by atoms with Gasteiger partial charge in [-0.05, 0) is 48.2 Å². The highest BCUT2D eigenvalue weighted by atomic mass is 16.5. The first-order valence-electron chi connectivity index (χ1n) is 12.0. The van der Waals surface area contributed by atoms with Crippen LogP contribution in [-0.2, 0) is 13.2 Å². The monoisotopic (exact) mass is 497 g/mol. The highest BCUT2D eigenvalue weighted by Gasteiger charge is 2.20. The minimum atomic E-state index is -0.656. The standard InChI is InChI=1S/C28H27N5O4/c1-4-11-33-25-24(27(35)32-28(33)36)22(14-23(31-25)17(2)3)26(34)30-20-9-6-10-21(13-20)37-16-19-8-5-7-18(12-19)15-29/h5-10,12-14,17H,4,11,16H2,1-3H3,(H,30,34)(H,32,35,36). The second-order valence-electron chi connectivity index (χ2n) is 8.94. The van der Waals surface area contributed by atoms with Crippen molar-refractivity contribution in [3.8, 4) is 11.8 Å². The Labute approximate surface area is 213 Å². The summed E-state index contributed by atoms with van der Waals surface area (Å²) in [6.45, 7) is 6.39. The van der Waals surface area contributed by atoms with Gasteiger partial charge >= 0.3 is 5.69 Å². The molecule has 0 aliphatic carbocycles. The Kier molecular flexibility index (Phi) is 7.49. The summed E-state index contributed by atoms with van der Waals surface area (Å²) < 4.78 is 7.25. The van der Waals surface area contributed by atoms with Crippen molar-refractivity contribution in [3.05, 3.63) is 97.8 Å². The van der Waals surface area contributed by atoms with Crippen molar-refractivity contribution >= 4 is 22.6 Å². The van der Waals surface area contributed by atoms with Crippen LogP contribution in [0.3, 0.4) is 0 Å². The molecule has 0 saturated heterocycles. The molecule has 0 fully saturated rings. The van der Waals surface area contributed by atoms with Gasteiger partial charge in [0.1, 0.15) is 12.4 Å². The quantitative estimate of drug-likeness (QED) is 0.373. The van der Waals surface area contributed by atoms with Crippen LogP contribution in [0.2, 0.25) is 0 Å². The Morgan fingerprint density at radius 3 is 2.68 bits per heavy atom. The van der Waals surface area contributed by atoms with Crippen LogP contribution in [0, 0.1) is 11.3 Å². The first kappa shape index (κ1) is 25.4. The van der Waals surface area contributed by atoms with Gasteiger partial charge in [0, 0.05) is 24.0 Å². The summed E-state index contributed by atoms with van der Waals surface area (Å²) in [5.41, 5.74) is 1.60. The van der Waals surface area contributed by atoms with Crippen LogP contribution in [0.1, 0.15) is 60.3 Å². The lowest BCUT2D eigenvalue weighted by atomic mass is 10.0. The van der Waals surface area contributed by atoms with E-state index in [1.807, 2.05) is 26.8 Å². The van der Waals surface area contributed by atoms with E-state index < -0.39 is 17.2 Å². The van der Waals surface area contributed by atoms with Gasteiger partial charge in [-0.3, -0.25) is 19.1 Å². The molecule has 0 radical (unpaired) electrons. The van der Waals surface area contributed by atoms with E-state index in [0.29, 0.717) is 35.7 Å². The van der Waals surface area contributed by atoms with Crippen molar-refractivity contribution in [2.24, 2.45) is 0 Å². The molecule has 4 rings (SSSR count). The Morgan fingerprint density at radius 1 is 1.16 bits per heavy atom. The number of pyridine rings is 1. The van der Waals surface area contributed by atoms with Gasteiger partial charge in [-0.15, -0.1) is 0 Å². The number of amides is 1. The number of carbonyl (C=O) groups excluding carboxylic acids is 1. The second-order valence-corrected chi connectivity index (χ2v) is 8.94. The number of nitrogens with one attached hydrogen (secondary N) is 2. The summed E-state index contributed by atoms with van der Waals surface area (Å²) in [6.07, 6.45) is 0.657. The number of hydrogen-bond donors (Lipinski definition) is 2. The van der Waals surface area contributed by atoms with Gasteiger partial charge in [0.2, 0.25) is 0 Å². The molecule has 0 aliphatic heterocycles. The first-order valence-corrected chi connectivity index (χ1v) is 12.0. The molecule has 37 heavy (non-hydrogen) atoms. The molecule has 2 aromatic heterocycles. The van der Waals surface area contributed by atoms with E-state index in [-0.39, 0.29) is 29.1 Å². The fourth-order valence-electron chi connectivity index (χ4n) is 3.96. The van der Waals surface area contributed by atoms with Crippen molar-refractivity contribution < 1.29 is 9.53 Å². The fraction of sp³-hybridized carbons (Fsp3) is 0.250. The smallest absolute Gasteiger partial charge is 0.329 e. The molecule has 9 heteroatoms. The summed E-state index contributed by atoms with van der Waals surface area (Å²) in [6, 6.07) is 17.7. The van der Waals surface area contributed by atoms with Crippen molar-refractivity contribution in [1.82, 2.24) is 14.5 Å². The van der Waals surface area contributed by atoms with Crippen molar-refractivity contribution in [1.29, 1.82) is 5.26 Å². The summed E-state index contributed by atoms with van der Waals surface area (Å²) in [5, 5.41) is 12.0. The highest BCUT2D eigenvalue weighted by molar-refractivity contribution is 6.11. The van der Waals surface area contributed by atoms with Gasteiger partial charge in [-0.1, -0.05) is 39.0 Å². The number of aryl methyl sites for hydroxylation is 1. The zero-order valence-electron chi connectivity index (χ0n) is 20.9. The average Bonchev–Trinajstić information content (AvgIpc) is 2.89. The summed E-state index contributed by atoms with van der Waals surface area (Å²) in [7, 11) is 0. The molecule has 0 spiro atoms. The predicted octanol–water partition coefficient (Wildman–Crippen LogP) is 4.32.